The third-order valence-corrected chi connectivity index (χ3v) is 4.78. The molecular formula is C23H26N2. The van der Waals surface area contributed by atoms with Crippen molar-refractivity contribution in [3.05, 3.63) is 81.7 Å². The molecule has 0 aliphatic rings. The molecule has 0 atom stereocenters. The lowest BCUT2D eigenvalue weighted by Gasteiger charge is -2.11. The van der Waals surface area contributed by atoms with E-state index in [-0.39, 0.29) is 0 Å². The fraction of sp³-hybridized carbons (Fsp3) is 0.261. The summed E-state index contributed by atoms with van der Waals surface area (Å²) in [4.78, 5) is 4.70. The number of nitrogens with zero attached hydrogens (tertiary/aromatic N) is 2. The van der Waals surface area contributed by atoms with Gasteiger partial charge in [0.15, 0.2) is 0 Å². The van der Waals surface area contributed by atoms with Gasteiger partial charge in [-0.1, -0.05) is 12.1 Å². The fourth-order valence-electron chi connectivity index (χ4n) is 3.35. The Morgan fingerprint density at radius 2 is 1.44 bits per heavy atom. The lowest BCUT2D eigenvalue weighted by atomic mass is 10.1. The maximum absolute atomic E-state index is 4.70. The molecule has 0 saturated carbocycles. The van der Waals surface area contributed by atoms with Crippen molar-refractivity contribution in [1.82, 2.24) is 4.57 Å². The van der Waals surface area contributed by atoms with Crippen LogP contribution in [0.3, 0.4) is 0 Å². The zero-order valence-electron chi connectivity index (χ0n) is 16.0. The van der Waals surface area contributed by atoms with Gasteiger partial charge in [-0.3, -0.25) is 4.99 Å². The van der Waals surface area contributed by atoms with Crippen LogP contribution >= 0.6 is 0 Å². The standard InChI is InChI=1S/C23H26N2/c1-15-9-16(2)11-22(10-15)24-14-21-13-19(5)25(20(21)6)23-8-7-17(3)18(4)12-23/h7-14H,1-6H3. The fourth-order valence-corrected chi connectivity index (χ4v) is 3.35. The number of benzene rings is 2. The normalized spacial score (nSPS) is 11.4. The molecule has 0 unspecified atom stereocenters. The van der Waals surface area contributed by atoms with Crippen LogP contribution in [-0.4, -0.2) is 10.8 Å². The lowest BCUT2D eigenvalue weighted by Crippen LogP contribution is -2.00. The van der Waals surface area contributed by atoms with E-state index in [4.69, 9.17) is 4.99 Å². The summed E-state index contributed by atoms with van der Waals surface area (Å²) in [6, 6.07) is 15.2. The maximum atomic E-state index is 4.70. The SMILES string of the molecule is Cc1cc(C)cc(N=Cc2cc(C)n(-c3ccc(C)c(C)c3)c2C)c1. The van der Waals surface area contributed by atoms with Crippen LogP contribution in [0.2, 0.25) is 0 Å². The van der Waals surface area contributed by atoms with Crippen molar-refractivity contribution in [2.45, 2.75) is 41.5 Å². The molecule has 2 nitrogen and oxygen atoms in total. The number of aliphatic imine (C=N–C) groups is 1. The van der Waals surface area contributed by atoms with Crippen LogP contribution in [0.1, 0.15) is 39.2 Å². The van der Waals surface area contributed by atoms with E-state index in [0.717, 1.165) is 11.3 Å². The second-order valence-corrected chi connectivity index (χ2v) is 7.03. The van der Waals surface area contributed by atoms with E-state index in [0.29, 0.717) is 0 Å². The Labute approximate surface area is 150 Å². The van der Waals surface area contributed by atoms with Gasteiger partial charge in [-0.25, -0.2) is 0 Å². The molecule has 0 fully saturated rings. The van der Waals surface area contributed by atoms with Gasteiger partial charge in [0.1, 0.15) is 0 Å². The number of aryl methyl sites for hydroxylation is 5. The van der Waals surface area contributed by atoms with E-state index in [9.17, 15) is 0 Å². The van der Waals surface area contributed by atoms with Gasteiger partial charge in [0.05, 0.1) is 5.69 Å². The van der Waals surface area contributed by atoms with Crippen LogP contribution in [0.5, 0.6) is 0 Å². The Bertz CT molecular complexity index is 938. The van der Waals surface area contributed by atoms with Crippen LogP contribution in [0.4, 0.5) is 5.69 Å². The Balaban J connectivity index is 1.99. The van der Waals surface area contributed by atoms with E-state index >= 15 is 0 Å². The molecule has 128 valence electrons. The summed E-state index contributed by atoms with van der Waals surface area (Å²) in [7, 11) is 0. The Morgan fingerprint density at radius 3 is 2.08 bits per heavy atom. The van der Waals surface area contributed by atoms with Gasteiger partial charge >= 0.3 is 0 Å². The molecule has 3 rings (SSSR count). The zero-order valence-corrected chi connectivity index (χ0v) is 16.0. The van der Waals surface area contributed by atoms with Crippen molar-refractivity contribution >= 4 is 11.9 Å². The highest BCUT2D eigenvalue weighted by Gasteiger charge is 2.10. The summed E-state index contributed by atoms with van der Waals surface area (Å²) >= 11 is 0. The summed E-state index contributed by atoms with van der Waals surface area (Å²) < 4.78 is 2.30. The smallest absolute Gasteiger partial charge is 0.0635 e. The first-order chi connectivity index (χ1) is 11.8. The molecule has 1 aromatic heterocycles. The van der Waals surface area contributed by atoms with E-state index in [1.807, 2.05) is 6.21 Å². The molecule has 25 heavy (non-hydrogen) atoms. The van der Waals surface area contributed by atoms with Gasteiger partial charge in [0.25, 0.3) is 0 Å². The predicted octanol–water partition coefficient (Wildman–Crippen LogP) is 6.08. The molecule has 0 spiro atoms. The highest BCUT2D eigenvalue weighted by atomic mass is 15.0. The summed E-state index contributed by atoms with van der Waals surface area (Å²) in [5.74, 6) is 0. The highest BCUT2D eigenvalue weighted by Crippen LogP contribution is 2.23. The average Bonchev–Trinajstić information content (AvgIpc) is 2.81. The Morgan fingerprint density at radius 1 is 0.760 bits per heavy atom. The maximum Gasteiger partial charge on any atom is 0.0635 e. The van der Waals surface area contributed by atoms with Crippen molar-refractivity contribution in [2.75, 3.05) is 0 Å². The third kappa shape index (κ3) is 3.58. The Hall–Kier alpha value is -2.61. The second kappa shape index (κ2) is 6.72. The van der Waals surface area contributed by atoms with Crippen LogP contribution in [0.25, 0.3) is 5.69 Å². The monoisotopic (exact) mass is 330 g/mol. The topological polar surface area (TPSA) is 17.3 Å². The lowest BCUT2D eigenvalue weighted by molar-refractivity contribution is 0.961. The molecule has 0 aliphatic carbocycles. The van der Waals surface area contributed by atoms with Crippen molar-refractivity contribution in [3.8, 4) is 5.69 Å². The molecular weight excluding hydrogens is 304 g/mol. The molecule has 0 aliphatic heterocycles. The third-order valence-electron chi connectivity index (χ3n) is 4.78. The van der Waals surface area contributed by atoms with Crippen molar-refractivity contribution in [1.29, 1.82) is 0 Å². The van der Waals surface area contributed by atoms with E-state index in [1.165, 1.54) is 39.3 Å². The summed E-state index contributed by atoms with van der Waals surface area (Å²) in [6.07, 6.45) is 1.98. The number of hydrogen-bond donors (Lipinski definition) is 0. The minimum absolute atomic E-state index is 1.01. The molecule has 0 saturated heterocycles. The molecule has 2 heteroatoms. The van der Waals surface area contributed by atoms with Gasteiger partial charge in [-0.15, -0.1) is 0 Å². The predicted molar refractivity (Wildman–Crippen MR) is 108 cm³/mol. The van der Waals surface area contributed by atoms with Crippen molar-refractivity contribution in [3.63, 3.8) is 0 Å². The molecule has 3 aromatic rings. The van der Waals surface area contributed by atoms with Crippen LogP contribution in [0.15, 0.2) is 47.5 Å². The summed E-state index contributed by atoms with van der Waals surface area (Å²) in [6.45, 7) is 12.8. The summed E-state index contributed by atoms with van der Waals surface area (Å²) in [5.41, 5.74) is 10.9. The van der Waals surface area contributed by atoms with Crippen LogP contribution < -0.4 is 0 Å². The van der Waals surface area contributed by atoms with Crippen LogP contribution in [0, 0.1) is 41.5 Å². The molecule has 0 amide bonds. The van der Waals surface area contributed by atoms with Gasteiger partial charge < -0.3 is 4.57 Å². The zero-order chi connectivity index (χ0) is 18.1. The minimum Gasteiger partial charge on any atom is -0.318 e. The number of hydrogen-bond acceptors (Lipinski definition) is 1. The van der Waals surface area contributed by atoms with E-state index in [2.05, 4.69) is 88.6 Å². The van der Waals surface area contributed by atoms with Gasteiger partial charge in [-0.05, 0) is 94.1 Å². The molecule has 0 N–H and O–H groups in total. The van der Waals surface area contributed by atoms with Gasteiger partial charge in [0, 0.05) is 28.9 Å². The van der Waals surface area contributed by atoms with Gasteiger partial charge in [-0.2, -0.15) is 0 Å². The van der Waals surface area contributed by atoms with E-state index < -0.39 is 0 Å². The minimum atomic E-state index is 1.01. The average molecular weight is 330 g/mol. The first-order valence-electron chi connectivity index (χ1n) is 8.74. The molecule has 1 heterocycles. The first kappa shape index (κ1) is 17.2. The molecule has 0 bridgehead atoms. The summed E-state index contributed by atoms with van der Waals surface area (Å²) in [5, 5.41) is 0. The van der Waals surface area contributed by atoms with Gasteiger partial charge in [0.2, 0.25) is 0 Å². The first-order valence-corrected chi connectivity index (χ1v) is 8.74. The van der Waals surface area contributed by atoms with Crippen molar-refractivity contribution < 1.29 is 0 Å². The molecule has 0 radical (unpaired) electrons. The van der Waals surface area contributed by atoms with Crippen molar-refractivity contribution in [2.24, 2.45) is 4.99 Å². The largest absolute Gasteiger partial charge is 0.318 e. The number of rotatable bonds is 3. The Kier molecular flexibility index (Phi) is 4.63. The highest BCUT2D eigenvalue weighted by molar-refractivity contribution is 5.84. The quantitative estimate of drug-likeness (QED) is 0.518. The molecule has 2 aromatic carbocycles. The second-order valence-electron chi connectivity index (χ2n) is 7.03. The van der Waals surface area contributed by atoms with E-state index in [1.54, 1.807) is 0 Å². The van der Waals surface area contributed by atoms with Crippen LogP contribution in [-0.2, 0) is 0 Å². The number of aromatic nitrogens is 1.